The fourth-order valence-corrected chi connectivity index (χ4v) is 4.05. The van der Waals surface area contributed by atoms with Gasteiger partial charge in [-0.15, -0.1) is 0 Å². The van der Waals surface area contributed by atoms with Crippen LogP contribution >= 0.6 is 0 Å². The molecule has 1 atom stereocenters. The Bertz CT molecular complexity index is 1070. The van der Waals surface area contributed by atoms with E-state index in [2.05, 4.69) is 15.7 Å². The van der Waals surface area contributed by atoms with E-state index in [1.807, 2.05) is 59.3 Å². The first-order chi connectivity index (χ1) is 14.2. The van der Waals surface area contributed by atoms with Crippen molar-refractivity contribution >= 4 is 17.5 Å². The van der Waals surface area contributed by atoms with Crippen molar-refractivity contribution in [2.24, 2.45) is 0 Å². The van der Waals surface area contributed by atoms with Crippen molar-refractivity contribution in [3.05, 3.63) is 77.6 Å². The topological polar surface area (TPSA) is 76.0 Å². The maximum absolute atomic E-state index is 12.9. The fourth-order valence-electron chi connectivity index (χ4n) is 4.05. The minimum absolute atomic E-state index is 0.00369. The zero-order valence-electron chi connectivity index (χ0n) is 16.0. The van der Waals surface area contributed by atoms with E-state index in [1.165, 1.54) is 0 Å². The molecule has 2 heterocycles. The number of aromatic nitrogens is 2. The fraction of sp³-hybridized carbons (Fsp3) is 0.261. The van der Waals surface area contributed by atoms with Crippen LogP contribution in [0.4, 0.5) is 5.69 Å². The van der Waals surface area contributed by atoms with Crippen molar-refractivity contribution in [2.45, 2.75) is 31.1 Å². The number of carbonyl (C=O) groups excluding carboxylic acids is 2. The maximum Gasteiger partial charge on any atom is 0.254 e. The number of anilines is 1. The molecular formula is C23H22N4O2. The zero-order chi connectivity index (χ0) is 19.8. The third-order valence-electron chi connectivity index (χ3n) is 5.65. The van der Waals surface area contributed by atoms with Gasteiger partial charge in [-0.3, -0.25) is 9.59 Å². The van der Waals surface area contributed by atoms with E-state index in [1.54, 1.807) is 6.20 Å². The number of benzene rings is 2. The number of carbonyl (C=O) groups is 2. The minimum atomic E-state index is -0.221. The average molecular weight is 386 g/mol. The Balaban J connectivity index is 1.30. The summed E-state index contributed by atoms with van der Waals surface area (Å²) < 4.78 is 1.88. The molecule has 29 heavy (non-hydrogen) atoms. The van der Waals surface area contributed by atoms with Gasteiger partial charge >= 0.3 is 0 Å². The third kappa shape index (κ3) is 3.31. The lowest BCUT2D eigenvalue weighted by Gasteiger charge is -2.11. The summed E-state index contributed by atoms with van der Waals surface area (Å²) in [5.41, 5.74) is 4.45. The second-order valence-corrected chi connectivity index (χ2v) is 7.64. The summed E-state index contributed by atoms with van der Waals surface area (Å²) in [4.78, 5) is 25.1. The molecule has 146 valence electrons. The average Bonchev–Trinajstić information content (AvgIpc) is 3.41. The van der Waals surface area contributed by atoms with Crippen LogP contribution < -0.4 is 10.6 Å². The van der Waals surface area contributed by atoms with Gasteiger partial charge in [-0.2, -0.15) is 5.10 Å². The second-order valence-electron chi connectivity index (χ2n) is 7.64. The van der Waals surface area contributed by atoms with Crippen LogP contribution in [0.5, 0.6) is 0 Å². The standard InChI is InChI=1S/C23H22N4O2/c28-22(24-13-12-18-17-8-4-5-9-20(17)26-23(18)29)19-14-25-27(21(19)15-10-11-15)16-6-2-1-3-7-16/h1-9,14-15,18H,10-13H2,(H,24,28)(H,26,29)/t18-/m0/s1. The molecule has 5 rings (SSSR count). The first-order valence-electron chi connectivity index (χ1n) is 10.0. The van der Waals surface area contributed by atoms with Crippen LogP contribution in [-0.2, 0) is 4.79 Å². The van der Waals surface area contributed by atoms with Gasteiger partial charge in [-0.05, 0) is 43.0 Å². The minimum Gasteiger partial charge on any atom is -0.352 e. The van der Waals surface area contributed by atoms with Crippen LogP contribution in [0.25, 0.3) is 5.69 Å². The number of rotatable bonds is 6. The van der Waals surface area contributed by atoms with Crippen LogP contribution in [0.3, 0.4) is 0 Å². The molecule has 1 aliphatic carbocycles. The molecule has 0 saturated heterocycles. The summed E-state index contributed by atoms with van der Waals surface area (Å²) in [6.07, 6.45) is 4.39. The molecule has 2 aromatic carbocycles. The molecule has 0 unspecified atom stereocenters. The Hall–Kier alpha value is -3.41. The molecule has 6 nitrogen and oxygen atoms in total. The van der Waals surface area contributed by atoms with Crippen LogP contribution in [0.2, 0.25) is 0 Å². The van der Waals surface area contributed by atoms with Crippen molar-refractivity contribution in [1.29, 1.82) is 0 Å². The van der Waals surface area contributed by atoms with E-state index in [9.17, 15) is 9.59 Å². The van der Waals surface area contributed by atoms with E-state index in [0.717, 1.165) is 35.5 Å². The summed E-state index contributed by atoms with van der Waals surface area (Å²) >= 11 is 0. The lowest BCUT2D eigenvalue weighted by Crippen LogP contribution is -2.27. The quantitative estimate of drug-likeness (QED) is 0.680. The van der Waals surface area contributed by atoms with Crippen LogP contribution in [0.1, 0.15) is 52.7 Å². The summed E-state index contributed by atoms with van der Waals surface area (Å²) in [6, 6.07) is 17.6. The Labute approximate surface area is 168 Å². The normalized spacial score (nSPS) is 17.7. The van der Waals surface area contributed by atoms with Gasteiger partial charge in [-0.1, -0.05) is 36.4 Å². The molecule has 1 aromatic heterocycles. The van der Waals surface area contributed by atoms with Crippen LogP contribution in [-0.4, -0.2) is 28.1 Å². The highest BCUT2D eigenvalue weighted by Crippen LogP contribution is 2.42. The SMILES string of the molecule is O=C(NCC[C@@H]1C(=O)Nc2ccccc21)c1cnn(-c2ccccc2)c1C1CC1. The summed E-state index contributed by atoms with van der Waals surface area (Å²) in [7, 11) is 0. The first-order valence-corrected chi connectivity index (χ1v) is 10.0. The number of hydrogen-bond donors (Lipinski definition) is 2. The predicted octanol–water partition coefficient (Wildman–Crippen LogP) is 3.61. The lowest BCUT2D eigenvalue weighted by atomic mass is 9.97. The molecule has 1 aliphatic heterocycles. The predicted molar refractivity (Wildman–Crippen MR) is 110 cm³/mol. The highest BCUT2D eigenvalue weighted by Gasteiger charge is 2.33. The van der Waals surface area contributed by atoms with Gasteiger partial charge < -0.3 is 10.6 Å². The van der Waals surface area contributed by atoms with Crippen molar-refractivity contribution in [2.75, 3.05) is 11.9 Å². The van der Waals surface area contributed by atoms with Gasteiger partial charge in [0.15, 0.2) is 0 Å². The van der Waals surface area contributed by atoms with Gasteiger partial charge in [0, 0.05) is 18.2 Å². The molecule has 0 spiro atoms. The Morgan fingerprint density at radius 1 is 1.10 bits per heavy atom. The Morgan fingerprint density at radius 2 is 1.86 bits per heavy atom. The van der Waals surface area contributed by atoms with Gasteiger partial charge in [-0.25, -0.2) is 4.68 Å². The molecule has 0 bridgehead atoms. The summed E-state index contributed by atoms with van der Waals surface area (Å²) in [5, 5.41) is 10.4. The molecule has 6 heteroatoms. The Morgan fingerprint density at radius 3 is 2.66 bits per heavy atom. The van der Waals surface area contributed by atoms with Crippen molar-refractivity contribution < 1.29 is 9.59 Å². The smallest absolute Gasteiger partial charge is 0.254 e. The molecule has 2 aliphatic rings. The van der Waals surface area contributed by atoms with E-state index in [4.69, 9.17) is 0 Å². The summed E-state index contributed by atoms with van der Waals surface area (Å²) in [5.74, 6) is 0.0316. The lowest BCUT2D eigenvalue weighted by molar-refractivity contribution is -0.117. The van der Waals surface area contributed by atoms with Crippen molar-refractivity contribution in [1.82, 2.24) is 15.1 Å². The molecular weight excluding hydrogens is 364 g/mol. The highest BCUT2D eigenvalue weighted by atomic mass is 16.2. The van der Waals surface area contributed by atoms with E-state index < -0.39 is 0 Å². The third-order valence-corrected chi connectivity index (χ3v) is 5.65. The zero-order valence-corrected chi connectivity index (χ0v) is 16.0. The number of para-hydroxylation sites is 2. The summed E-state index contributed by atoms with van der Waals surface area (Å²) in [6.45, 7) is 0.436. The van der Waals surface area contributed by atoms with E-state index in [-0.39, 0.29) is 17.7 Å². The van der Waals surface area contributed by atoms with Crippen LogP contribution in [0.15, 0.2) is 60.8 Å². The van der Waals surface area contributed by atoms with Crippen molar-refractivity contribution in [3.63, 3.8) is 0 Å². The molecule has 2 amide bonds. The first kappa shape index (κ1) is 17.7. The number of amides is 2. The monoisotopic (exact) mass is 386 g/mol. The van der Waals surface area contributed by atoms with Gasteiger partial charge in [0.2, 0.25) is 5.91 Å². The van der Waals surface area contributed by atoms with E-state index >= 15 is 0 Å². The van der Waals surface area contributed by atoms with Crippen molar-refractivity contribution in [3.8, 4) is 5.69 Å². The van der Waals surface area contributed by atoms with Gasteiger partial charge in [0.05, 0.1) is 29.1 Å². The van der Waals surface area contributed by atoms with Crippen LogP contribution in [0, 0.1) is 0 Å². The maximum atomic E-state index is 12.9. The molecule has 2 N–H and O–H groups in total. The van der Waals surface area contributed by atoms with Gasteiger partial charge in [0.25, 0.3) is 5.91 Å². The number of nitrogens with zero attached hydrogens (tertiary/aromatic N) is 2. The van der Waals surface area contributed by atoms with E-state index in [0.29, 0.717) is 24.4 Å². The Kier molecular flexibility index (Phi) is 4.39. The number of hydrogen-bond acceptors (Lipinski definition) is 3. The second kappa shape index (κ2) is 7.20. The highest BCUT2D eigenvalue weighted by molar-refractivity contribution is 6.03. The largest absolute Gasteiger partial charge is 0.352 e. The number of nitrogens with one attached hydrogen (secondary N) is 2. The molecule has 1 fully saturated rings. The molecule has 3 aromatic rings. The van der Waals surface area contributed by atoms with Gasteiger partial charge in [0.1, 0.15) is 0 Å². The molecule has 1 saturated carbocycles. The number of fused-ring (bicyclic) bond motifs is 1. The molecule has 0 radical (unpaired) electrons.